The molecule has 4 atom stereocenters. The Kier molecular flexibility index (Phi) is 6.49. The number of aldehydes is 1. The number of unbranched alkanes of at least 4 members (excludes halogenated alkanes) is 3. The van der Waals surface area contributed by atoms with Gasteiger partial charge in [-0.15, -0.1) is 0 Å². The average molecular weight is 404 g/mol. The van der Waals surface area contributed by atoms with E-state index in [1.165, 1.54) is 10.8 Å². The van der Waals surface area contributed by atoms with Crippen molar-refractivity contribution in [1.29, 1.82) is 0 Å². The summed E-state index contributed by atoms with van der Waals surface area (Å²) in [5.41, 5.74) is 5.76. The molecule has 0 aliphatic carbocycles. The number of hydrogen-bond donors (Lipinski definition) is 2. The van der Waals surface area contributed by atoms with Gasteiger partial charge in [-0.05, 0) is 25.5 Å². The van der Waals surface area contributed by atoms with Crippen molar-refractivity contribution in [3.05, 3.63) is 24.2 Å². The van der Waals surface area contributed by atoms with Crippen LogP contribution in [0.1, 0.15) is 51.6 Å². The molecule has 0 saturated carbocycles. The van der Waals surface area contributed by atoms with E-state index in [1.807, 2.05) is 0 Å². The van der Waals surface area contributed by atoms with Crippen LogP contribution in [0.25, 0.3) is 5.52 Å². The quantitative estimate of drug-likeness (QED) is 0.366. The van der Waals surface area contributed by atoms with Gasteiger partial charge in [-0.2, -0.15) is 5.10 Å². The SMILES string of the molecule is CCCCCCC(=O)OC[C@H]1O[C@@](C)(c2ccc3c(N)ncnn23)[C@H](O)C1C=O. The number of aliphatic hydroxyl groups excluding tert-OH is 1. The van der Waals surface area contributed by atoms with Gasteiger partial charge in [-0.25, -0.2) is 9.50 Å². The molecule has 1 fully saturated rings. The van der Waals surface area contributed by atoms with Crippen LogP contribution in [0.2, 0.25) is 0 Å². The van der Waals surface area contributed by atoms with Crippen LogP contribution >= 0.6 is 0 Å². The number of fused-ring (bicyclic) bond motifs is 1. The van der Waals surface area contributed by atoms with E-state index in [2.05, 4.69) is 17.0 Å². The Morgan fingerprint density at radius 1 is 1.41 bits per heavy atom. The first-order valence-corrected chi connectivity index (χ1v) is 9.97. The lowest BCUT2D eigenvalue weighted by molar-refractivity contribution is -0.151. The first-order valence-electron chi connectivity index (χ1n) is 9.97. The van der Waals surface area contributed by atoms with Crippen LogP contribution in [0.4, 0.5) is 5.82 Å². The van der Waals surface area contributed by atoms with Gasteiger partial charge in [0, 0.05) is 6.42 Å². The smallest absolute Gasteiger partial charge is 0.305 e. The van der Waals surface area contributed by atoms with Crippen molar-refractivity contribution in [2.45, 2.75) is 63.8 Å². The molecule has 9 heteroatoms. The van der Waals surface area contributed by atoms with Crippen LogP contribution in [-0.2, 0) is 24.7 Å². The fourth-order valence-corrected chi connectivity index (χ4v) is 3.82. The molecule has 3 rings (SSSR count). The maximum Gasteiger partial charge on any atom is 0.305 e. The molecule has 0 amide bonds. The molecule has 29 heavy (non-hydrogen) atoms. The van der Waals surface area contributed by atoms with Crippen molar-refractivity contribution in [2.75, 3.05) is 12.3 Å². The standard InChI is InChI=1S/C20H28N4O5/c1-3-4-5-6-7-17(26)28-11-15-13(10-25)18(27)20(2,29-15)16-9-8-14-19(21)22-12-23-24(14)16/h8-10,12-13,15,18,27H,3-7,11H2,1-2H3,(H2,21,22,23)/t13?,15-,18-,20+/m1/s1. The molecule has 158 valence electrons. The highest BCUT2D eigenvalue weighted by atomic mass is 16.6. The summed E-state index contributed by atoms with van der Waals surface area (Å²) < 4.78 is 12.9. The van der Waals surface area contributed by atoms with Crippen molar-refractivity contribution in [1.82, 2.24) is 14.6 Å². The fraction of sp³-hybridized carbons (Fsp3) is 0.600. The lowest BCUT2D eigenvalue weighted by Gasteiger charge is -2.27. The Balaban J connectivity index is 1.72. The number of esters is 1. The Bertz CT molecular complexity index is 870. The highest BCUT2D eigenvalue weighted by molar-refractivity contribution is 5.69. The second kappa shape index (κ2) is 8.87. The first kappa shape index (κ1) is 21.2. The van der Waals surface area contributed by atoms with Crippen LogP contribution in [0, 0.1) is 5.92 Å². The van der Waals surface area contributed by atoms with Crippen molar-refractivity contribution in [2.24, 2.45) is 5.92 Å². The molecule has 1 aliphatic heterocycles. The fourth-order valence-electron chi connectivity index (χ4n) is 3.82. The molecule has 1 aliphatic rings. The summed E-state index contributed by atoms with van der Waals surface area (Å²) in [7, 11) is 0. The van der Waals surface area contributed by atoms with E-state index in [0.29, 0.717) is 29.7 Å². The van der Waals surface area contributed by atoms with E-state index in [4.69, 9.17) is 15.2 Å². The number of hydrogen-bond acceptors (Lipinski definition) is 8. The third-order valence-electron chi connectivity index (χ3n) is 5.55. The largest absolute Gasteiger partial charge is 0.463 e. The van der Waals surface area contributed by atoms with E-state index in [1.54, 1.807) is 19.1 Å². The monoisotopic (exact) mass is 404 g/mol. The molecule has 0 aromatic carbocycles. The second-order valence-electron chi connectivity index (χ2n) is 7.58. The van der Waals surface area contributed by atoms with E-state index >= 15 is 0 Å². The van der Waals surface area contributed by atoms with E-state index in [-0.39, 0.29) is 12.6 Å². The maximum atomic E-state index is 12.0. The second-order valence-corrected chi connectivity index (χ2v) is 7.58. The number of aliphatic hydroxyl groups is 1. The molecule has 0 radical (unpaired) electrons. The molecule has 3 N–H and O–H groups in total. The Morgan fingerprint density at radius 2 is 2.21 bits per heavy atom. The molecule has 1 saturated heterocycles. The molecule has 2 aromatic heterocycles. The summed E-state index contributed by atoms with van der Waals surface area (Å²) in [6.07, 6.45) is 4.32. The van der Waals surface area contributed by atoms with Gasteiger partial charge in [0.05, 0.1) is 11.6 Å². The van der Waals surface area contributed by atoms with Gasteiger partial charge >= 0.3 is 5.97 Å². The van der Waals surface area contributed by atoms with Crippen LogP contribution in [0.3, 0.4) is 0 Å². The van der Waals surface area contributed by atoms with Gasteiger partial charge in [0.15, 0.2) is 5.82 Å². The zero-order valence-electron chi connectivity index (χ0n) is 16.8. The third-order valence-corrected chi connectivity index (χ3v) is 5.55. The number of nitrogen functional groups attached to an aromatic ring is 1. The zero-order chi connectivity index (χ0) is 21.0. The number of anilines is 1. The molecular weight excluding hydrogens is 376 g/mol. The lowest BCUT2D eigenvalue weighted by Crippen LogP contribution is -2.37. The normalized spacial score (nSPS) is 26.7. The minimum Gasteiger partial charge on any atom is -0.463 e. The minimum atomic E-state index is -1.23. The highest BCUT2D eigenvalue weighted by Gasteiger charge is 2.54. The average Bonchev–Trinajstić information content (AvgIpc) is 3.25. The topological polar surface area (TPSA) is 129 Å². The molecule has 2 aromatic rings. The number of nitrogens with zero attached hydrogens (tertiary/aromatic N) is 3. The van der Waals surface area contributed by atoms with Crippen molar-refractivity contribution in [3.8, 4) is 0 Å². The van der Waals surface area contributed by atoms with Crippen molar-refractivity contribution >= 4 is 23.6 Å². The Labute approximate surface area is 169 Å². The van der Waals surface area contributed by atoms with Gasteiger partial charge in [0.2, 0.25) is 0 Å². The van der Waals surface area contributed by atoms with Gasteiger partial charge < -0.3 is 25.1 Å². The van der Waals surface area contributed by atoms with Crippen LogP contribution in [0.15, 0.2) is 18.5 Å². The van der Waals surface area contributed by atoms with Gasteiger partial charge in [0.25, 0.3) is 0 Å². The molecular formula is C20H28N4O5. The summed E-state index contributed by atoms with van der Waals surface area (Å²) in [6, 6.07) is 3.46. The number of ether oxygens (including phenoxy) is 2. The molecule has 1 unspecified atom stereocenters. The van der Waals surface area contributed by atoms with Crippen LogP contribution in [-0.4, -0.2) is 50.8 Å². The van der Waals surface area contributed by atoms with E-state index in [0.717, 1.165) is 25.7 Å². The minimum absolute atomic E-state index is 0.0941. The van der Waals surface area contributed by atoms with Crippen LogP contribution in [0.5, 0.6) is 0 Å². The number of carbonyl (C=O) groups is 2. The Morgan fingerprint density at radius 3 is 2.93 bits per heavy atom. The number of rotatable bonds is 9. The summed E-state index contributed by atoms with van der Waals surface area (Å²) >= 11 is 0. The number of nitrogens with two attached hydrogens (primary N) is 1. The van der Waals surface area contributed by atoms with E-state index < -0.39 is 23.7 Å². The summed E-state index contributed by atoms with van der Waals surface area (Å²) in [5, 5.41) is 15.0. The Hall–Kier alpha value is -2.52. The summed E-state index contributed by atoms with van der Waals surface area (Å²) in [4.78, 5) is 27.6. The first-order chi connectivity index (χ1) is 13.9. The molecule has 0 bridgehead atoms. The zero-order valence-corrected chi connectivity index (χ0v) is 16.8. The van der Waals surface area contributed by atoms with Crippen molar-refractivity contribution < 1.29 is 24.2 Å². The molecule has 0 spiro atoms. The van der Waals surface area contributed by atoms with E-state index in [9.17, 15) is 14.7 Å². The number of aromatic nitrogens is 3. The van der Waals surface area contributed by atoms with Gasteiger partial charge in [-0.3, -0.25) is 4.79 Å². The molecule has 3 heterocycles. The van der Waals surface area contributed by atoms with Crippen LogP contribution < -0.4 is 5.73 Å². The third kappa shape index (κ3) is 4.11. The van der Waals surface area contributed by atoms with Crippen molar-refractivity contribution in [3.63, 3.8) is 0 Å². The highest BCUT2D eigenvalue weighted by Crippen LogP contribution is 2.42. The maximum absolute atomic E-state index is 12.0. The lowest BCUT2D eigenvalue weighted by atomic mass is 9.88. The predicted octanol–water partition coefficient (Wildman–Crippen LogP) is 1.62. The summed E-state index contributed by atoms with van der Waals surface area (Å²) in [6.45, 7) is 3.69. The van der Waals surface area contributed by atoms with Gasteiger partial charge in [-0.1, -0.05) is 26.2 Å². The number of carbonyl (C=O) groups excluding carboxylic acids is 2. The van der Waals surface area contributed by atoms with Gasteiger partial charge in [0.1, 0.15) is 42.5 Å². The summed E-state index contributed by atoms with van der Waals surface area (Å²) in [5.74, 6) is -0.869. The predicted molar refractivity (Wildman–Crippen MR) is 105 cm³/mol. The molecule has 9 nitrogen and oxygen atoms in total.